The molecule has 0 aromatic heterocycles. The van der Waals surface area contributed by atoms with Crippen molar-refractivity contribution in [2.75, 3.05) is 0 Å². The summed E-state index contributed by atoms with van der Waals surface area (Å²) in [6.07, 6.45) is 1.74. The zero-order chi connectivity index (χ0) is 17.1. The van der Waals surface area contributed by atoms with E-state index in [9.17, 15) is 4.79 Å². The summed E-state index contributed by atoms with van der Waals surface area (Å²) in [6, 6.07) is 29.8. The van der Waals surface area contributed by atoms with Gasteiger partial charge >= 0.3 is 170 Å². The van der Waals surface area contributed by atoms with E-state index in [4.69, 9.17) is 11.2 Å². The molecule has 0 atom stereocenters. The fourth-order valence-corrected chi connectivity index (χ4v) is 8.89. The minimum absolute atomic E-state index is 0. The van der Waals surface area contributed by atoms with E-state index >= 15 is 0 Å². The van der Waals surface area contributed by atoms with Crippen LogP contribution in [0.25, 0.3) is 0 Å². The second kappa shape index (κ2) is 7.91. The summed E-state index contributed by atoms with van der Waals surface area (Å²) in [5.41, 5.74) is 0. The van der Waals surface area contributed by atoms with E-state index in [-0.39, 0.29) is 28.2 Å². The van der Waals surface area contributed by atoms with E-state index < -0.39 is 5.96 Å². The molecule has 3 aromatic rings. The summed E-state index contributed by atoms with van der Waals surface area (Å²) in [4.78, 5) is 12.3. The number of hydrogen-bond donors (Lipinski definition) is 0. The van der Waals surface area contributed by atoms with Crippen molar-refractivity contribution in [3.63, 3.8) is 0 Å². The molecule has 0 unspecified atom stereocenters. The van der Waals surface area contributed by atoms with Crippen molar-refractivity contribution in [2.24, 2.45) is 0 Å². The van der Waals surface area contributed by atoms with Crippen LogP contribution in [0, 0.1) is 6.16 Å². The predicted octanol–water partition coefficient (Wildman–Crippen LogP) is 4.42. The fourth-order valence-electron chi connectivity index (χ4n) is 3.17. The van der Waals surface area contributed by atoms with Crippen LogP contribution in [0.4, 0.5) is 0 Å². The summed E-state index contributed by atoms with van der Waals surface area (Å²) in [7, 11) is 0. The molecular formula is C21H19AuClOP. The average molecular weight is 551 g/mol. The molecule has 132 valence electrons. The minimum atomic E-state index is -3.50. The van der Waals surface area contributed by atoms with Crippen LogP contribution >= 0.6 is 17.2 Å². The van der Waals surface area contributed by atoms with Crippen LogP contribution in [0.3, 0.4) is 0 Å². The Hall–Kier alpha value is -1.34. The first-order chi connectivity index (χ1) is 11.6. The molecule has 0 aliphatic heterocycles. The van der Waals surface area contributed by atoms with E-state index in [1.807, 2.05) is 91.0 Å². The van der Waals surface area contributed by atoms with Gasteiger partial charge in [-0.1, -0.05) is 0 Å². The summed E-state index contributed by atoms with van der Waals surface area (Å²) in [5.74, 6) is -3.53. The number of rotatable bonds is 5. The molecule has 0 aliphatic carbocycles. The summed E-state index contributed by atoms with van der Waals surface area (Å²) in [5, 5.41) is 2.91. The second-order valence-electron chi connectivity index (χ2n) is 5.82. The quantitative estimate of drug-likeness (QED) is 0.261. The van der Waals surface area contributed by atoms with Gasteiger partial charge in [-0.2, -0.15) is 0 Å². The number of carbonyl (C=O) groups excluding carboxylic acids is 1. The van der Waals surface area contributed by atoms with Crippen molar-refractivity contribution in [2.45, 2.75) is 6.92 Å². The van der Waals surface area contributed by atoms with Gasteiger partial charge in [-0.15, -0.1) is 0 Å². The smallest absolute Gasteiger partial charge is 1.00 e. The van der Waals surface area contributed by atoms with Crippen LogP contribution in [0.2, 0.25) is 0 Å². The summed E-state index contributed by atoms with van der Waals surface area (Å²) >= 11 is 7.62. The Morgan fingerprint density at radius 3 is 1.24 bits per heavy atom. The van der Waals surface area contributed by atoms with Crippen molar-refractivity contribution in [3.05, 3.63) is 97.2 Å². The molecule has 25 heavy (non-hydrogen) atoms. The van der Waals surface area contributed by atoms with Gasteiger partial charge in [-0.05, 0) is 0 Å². The summed E-state index contributed by atoms with van der Waals surface area (Å²) in [6.45, 7) is 1.57. The van der Waals surface area contributed by atoms with Crippen molar-refractivity contribution < 1.29 is 27.2 Å². The molecule has 0 bridgehead atoms. The van der Waals surface area contributed by atoms with Gasteiger partial charge in [0.1, 0.15) is 0 Å². The van der Waals surface area contributed by atoms with Crippen molar-refractivity contribution in [3.8, 4) is 0 Å². The maximum Gasteiger partial charge on any atom is 1.00 e. The van der Waals surface area contributed by atoms with Crippen LogP contribution in [-0.4, -0.2) is 5.78 Å². The van der Waals surface area contributed by atoms with Crippen LogP contribution < -0.4 is 15.9 Å². The second-order valence-corrected chi connectivity index (χ2v) is 11.9. The Morgan fingerprint density at radius 1 is 0.720 bits per heavy atom. The fraction of sp³-hybridized carbons (Fsp3) is 0.0476. The van der Waals surface area contributed by atoms with E-state index in [1.165, 1.54) is 0 Å². The Balaban J connectivity index is 0.00000225. The topological polar surface area (TPSA) is 17.1 Å². The van der Waals surface area contributed by atoms with Gasteiger partial charge < -0.3 is 0 Å². The zero-order valence-electron chi connectivity index (χ0n) is 13.8. The first-order valence-electron chi connectivity index (χ1n) is 7.82. The third-order valence-corrected chi connectivity index (χ3v) is 11.0. The maximum absolute atomic E-state index is 12.3. The SMILES string of the molecule is CC(=O)[CH-]P(Cl)(c1ccccc1)(c1ccccc1)c1ccccc1.[Au+]. The van der Waals surface area contributed by atoms with E-state index in [2.05, 4.69) is 0 Å². The van der Waals surface area contributed by atoms with Gasteiger partial charge in [0.15, 0.2) is 0 Å². The summed E-state index contributed by atoms with van der Waals surface area (Å²) < 4.78 is 0. The molecule has 3 aromatic carbocycles. The molecule has 0 radical (unpaired) electrons. The van der Waals surface area contributed by atoms with E-state index in [1.54, 1.807) is 13.1 Å². The first kappa shape index (κ1) is 20.0. The number of ketones is 1. The number of carbonyl (C=O) groups is 1. The molecule has 0 N–H and O–H groups in total. The molecular weight excluding hydrogens is 532 g/mol. The Bertz CT molecular complexity index is 738. The van der Waals surface area contributed by atoms with Crippen molar-refractivity contribution in [1.82, 2.24) is 0 Å². The van der Waals surface area contributed by atoms with Gasteiger partial charge in [0.25, 0.3) is 0 Å². The van der Waals surface area contributed by atoms with E-state index in [0.717, 1.165) is 15.9 Å². The van der Waals surface area contributed by atoms with Gasteiger partial charge in [-0.3, -0.25) is 0 Å². The van der Waals surface area contributed by atoms with Gasteiger partial charge in [-0.25, -0.2) is 0 Å². The van der Waals surface area contributed by atoms with Crippen LogP contribution in [0.1, 0.15) is 6.92 Å². The minimum Gasteiger partial charge on any atom is 1.00 e. The Morgan fingerprint density at radius 2 is 1.00 bits per heavy atom. The largest absolute Gasteiger partial charge is 1.00 e. The van der Waals surface area contributed by atoms with Gasteiger partial charge in [0.2, 0.25) is 0 Å². The van der Waals surface area contributed by atoms with Crippen LogP contribution in [0.15, 0.2) is 91.0 Å². The molecule has 0 spiro atoms. The predicted molar refractivity (Wildman–Crippen MR) is 106 cm³/mol. The normalized spacial score (nSPS) is 12.3. The molecule has 0 saturated carbocycles. The molecule has 1 nitrogen and oxygen atoms in total. The molecule has 0 amide bonds. The number of halogens is 1. The van der Waals surface area contributed by atoms with Crippen molar-refractivity contribution >= 4 is 38.9 Å². The number of Topliss-reactive ketones (excluding diaryl/α,β-unsaturated/α-hetero) is 1. The van der Waals surface area contributed by atoms with Crippen LogP contribution in [0.5, 0.6) is 0 Å². The van der Waals surface area contributed by atoms with Crippen LogP contribution in [-0.2, 0) is 27.2 Å². The third kappa shape index (κ3) is 3.49. The average Bonchev–Trinajstić information content (AvgIpc) is 2.63. The standard InChI is InChI=1S/C21H19ClOP.Au/c1-18(23)17-24(22,19-11-5-2-6-12-19,20-13-7-3-8-14-20)21-15-9-4-10-16-21;/h2-17H,1H3;/q-1;+1. The molecule has 3 rings (SSSR count). The maximum atomic E-state index is 12.3. The third-order valence-electron chi connectivity index (χ3n) is 4.21. The molecule has 0 saturated heterocycles. The first-order valence-corrected chi connectivity index (χ1v) is 11.0. The number of benzene rings is 3. The van der Waals surface area contributed by atoms with E-state index in [0.29, 0.717) is 0 Å². The molecule has 0 heterocycles. The molecule has 0 fully saturated rings. The molecule has 0 aliphatic rings. The Labute approximate surface area is 169 Å². The molecule has 4 heteroatoms. The van der Waals surface area contributed by atoms with Gasteiger partial charge in [0, 0.05) is 0 Å². The van der Waals surface area contributed by atoms with Gasteiger partial charge in [0.05, 0.1) is 0 Å². The Kier molecular flexibility index (Phi) is 6.32. The van der Waals surface area contributed by atoms with Crippen molar-refractivity contribution in [1.29, 1.82) is 0 Å². The number of hydrogen-bond acceptors (Lipinski definition) is 1. The zero-order valence-corrected chi connectivity index (χ0v) is 17.6. The monoisotopic (exact) mass is 550 g/mol.